The maximum Gasteiger partial charge on any atom is 0.244 e. The highest BCUT2D eigenvalue weighted by molar-refractivity contribution is 7.22. The predicted molar refractivity (Wildman–Crippen MR) is 109 cm³/mol. The Labute approximate surface area is 159 Å². The first kappa shape index (κ1) is 17.0. The first-order chi connectivity index (χ1) is 13.1. The lowest BCUT2D eigenvalue weighted by molar-refractivity contribution is -0.120. The predicted octanol–water partition coefficient (Wildman–Crippen LogP) is 3.43. The number of hydrazone groups is 1. The number of nitrogens with two attached hydrogens (primary N) is 1. The summed E-state index contributed by atoms with van der Waals surface area (Å²) in [5.41, 5.74) is 10.5. The van der Waals surface area contributed by atoms with E-state index in [-0.39, 0.29) is 18.1 Å². The van der Waals surface area contributed by atoms with Crippen molar-refractivity contribution in [3.8, 4) is 5.75 Å². The molecule has 0 radical (unpaired) electrons. The summed E-state index contributed by atoms with van der Waals surface area (Å²) in [5.74, 6) is -0.136. The van der Waals surface area contributed by atoms with Gasteiger partial charge in [-0.05, 0) is 34.5 Å². The van der Waals surface area contributed by atoms with Gasteiger partial charge < -0.3 is 10.8 Å². The van der Waals surface area contributed by atoms with Gasteiger partial charge in [0.1, 0.15) is 5.75 Å². The van der Waals surface area contributed by atoms with Crippen molar-refractivity contribution in [2.24, 2.45) is 5.10 Å². The maximum atomic E-state index is 12.2. The van der Waals surface area contributed by atoms with E-state index in [1.54, 1.807) is 6.07 Å². The van der Waals surface area contributed by atoms with Crippen molar-refractivity contribution in [2.75, 3.05) is 5.73 Å². The topological polar surface area (TPSA) is 101 Å². The van der Waals surface area contributed by atoms with Crippen LogP contribution >= 0.6 is 11.3 Å². The van der Waals surface area contributed by atoms with Gasteiger partial charge >= 0.3 is 0 Å². The average molecular weight is 376 g/mol. The Morgan fingerprint density at radius 3 is 2.96 bits per heavy atom. The Bertz CT molecular complexity index is 1180. The number of nitrogen functional groups attached to an aromatic ring is 1. The number of amides is 1. The van der Waals surface area contributed by atoms with Crippen LogP contribution in [0.1, 0.15) is 11.1 Å². The number of phenols is 1. The number of aromatic hydroxyl groups is 1. The fraction of sp³-hybridized carbons (Fsp3) is 0.0500. The maximum absolute atomic E-state index is 12.2. The molecule has 4 rings (SSSR count). The van der Waals surface area contributed by atoms with E-state index in [0.717, 1.165) is 26.6 Å². The van der Waals surface area contributed by atoms with Crippen LogP contribution in [0.4, 0.5) is 5.13 Å². The van der Waals surface area contributed by atoms with Gasteiger partial charge in [-0.1, -0.05) is 47.7 Å². The SMILES string of the molecule is Nc1nc2ccc(CC(=O)N/N=C\c3c(O)ccc4ccccc34)cc2s1. The van der Waals surface area contributed by atoms with Crippen molar-refractivity contribution >= 4 is 49.6 Å². The van der Waals surface area contributed by atoms with Crippen LogP contribution in [0.3, 0.4) is 0 Å². The molecule has 27 heavy (non-hydrogen) atoms. The fourth-order valence-corrected chi connectivity index (χ4v) is 3.71. The fourth-order valence-electron chi connectivity index (χ4n) is 2.91. The summed E-state index contributed by atoms with van der Waals surface area (Å²) in [7, 11) is 0. The molecule has 0 saturated carbocycles. The molecular weight excluding hydrogens is 360 g/mol. The molecule has 134 valence electrons. The minimum absolute atomic E-state index is 0.111. The molecule has 0 saturated heterocycles. The van der Waals surface area contributed by atoms with Gasteiger partial charge in [-0.2, -0.15) is 5.10 Å². The normalized spacial score (nSPS) is 11.4. The van der Waals surface area contributed by atoms with E-state index in [9.17, 15) is 9.90 Å². The molecule has 0 aliphatic heterocycles. The number of aromatic nitrogens is 1. The van der Waals surface area contributed by atoms with Crippen molar-refractivity contribution < 1.29 is 9.90 Å². The molecule has 1 amide bonds. The molecule has 0 bridgehead atoms. The lowest BCUT2D eigenvalue weighted by atomic mass is 10.0. The number of carbonyl (C=O) groups is 1. The van der Waals surface area contributed by atoms with Gasteiger partial charge in [0, 0.05) is 5.56 Å². The van der Waals surface area contributed by atoms with Gasteiger partial charge in [-0.15, -0.1) is 0 Å². The summed E-state index contributed by atoms with van der Waals surface area (Å²) in [6, 6.07) is 16.7. The van der Waals surface area contributed by atoms with Crippen LogP contribution in [0.5, 0.6) is 5.75 Å². The average Bonchev–Trinajstić information content (AvgIpc) is 3.03. The second kappa shape index (κ2) is 7.05. The smallest absolute Gasteiger partial charge is 0.244 e. The molecule has 0 aliphatic rings. The molecule has 0 aliphatic carbocycles. The molecule has 4 N–H and O–H groups in total. The Morgan fingerprint density at radius 2 is 2.07 bits per heavy atom. The van der Waals surface area contributed by atoms with Gasteiger partial charge in [0.05, 0.1) is 22.9 Å². The second-order valence-corrected chi connectivity index (χ2v) is 7.11. The third-order valence-corrected chi connectivity index (χ3v) is 5.01. The van der Waals surface area contributed by atoms with Crippen LogP contribution in [0.15, 0.2) is 59.7 Å². The quantitative estimate of drug-likeness (QED) is 0.375. The molecule has 0 spiro atoms. The van der Waals surface area contributed by atoms with Crippen molar-refractivity contribution in [1.29, 1.82) is 0 Å². The van der Waals surface area contributed by atoms with Crippen LogP contribution in [-0.4, -0.2) is 22.2 Å². The molecule has 1 aromatic heterocycles. The van der Waals surface area contributed by atoms with Gasteiger partial charge in [0.2, 0.25) is 5.91 Å². The van der Waals surface area contributed by atoms with E-state index in [1.807, 2.05) is 48.5 Å². The number of benzene rings is 3. The van der Waals surface area contributed by atoms with Crippen molar-refractivity contribution in [3.05, 3.63) is 65.7 Å². The zero-order valence-corrected chi connectivity index (χ0v) is 15.0. The summed E-state index contributed by atoms with van der Waals surface area (Å²) < 4.78 is 0.946. The number of hydrogen-bond donors (Lipinski definition) is 3. The number of anilines is 1. The monoisotopic (exact) mass is 376 g/mol. The highest BCUT2D eigenvalue weighted by Gasteiger charge is 2.07. The summed E-state index contributed by atoms with van der Waals surface area (Å²) in [6.07, 6.45) is 1.65. The first-order valence-corrected chi connectivity index (χ1v) is 9.09. The van der Waals surface area contributed by atoms with Crippen molar-refractivity contribution in [3.63, 3.8) is 0 Å². The minimum Gasteiger partial charge on any atom is -0.507 e. The molecule has 4 aromatic rings. The van der Waals surface area contributed by atoms with E-state index >= 15 is 0 Å². The number of fused-ring (bicyclic) bond motifs is 2. The number of nitrogens with zero attached hydrogens (tertiary/aromatic N) is 2. The Kier molecular flexibility index (Phi) is 4.43. The Morgan fingerprint density at radius 1 is 1.22 bits per heavy atom. The largest absolute Gasteiger partial charge is 0.507 e. The standard InChI is InChI=1S/C20H16N4O2S/c21-20-23-16-7-5-12(9-18(16)27-20)10-19(26)24-22-11-15-14-4-2-1-3-13(14)6-8-17(15)25/h1-9,11,25H,10H2,(H2,21,23)(H,24,26)/b22-11-. The number of nitrogens with one attached hydrogen (secondary N) is 1. The zero-order chi connectivity index (χ0) is 18.8. The number of hydrogen-bond acceptors (Lipinski definition) is 6. The van der Waals surface area contributed by atoms with E-state index in [0.29, 0.717) is 10.7 Å². The van der Waals surface area contributed by atoms with E-state index in [4.69, 9.17) is 5.73 Å². The molecule has 0 unspecified atom stereocenters. The number of phenolic OH excluding ortho intramolecular Hbond substituents is 1. The number of rotatable bonds is 4. The van der Waals surface area contributed by atoms with Crippen LogP contribution in [0.2, 0.25) is 0 Å². The lowest BCUT2D eigenvalue weighted by Gasteiger charge is -2.05. The molecule has 0 atom stereocenters. The van der Waals surface area contributed by atoms with Gasteiger partial charge in [0.15, 0.2) is 5.13 Å². The Balaban J connectivity index is 1.48. The highest BCUT2D eigenvalue weighted by Crippen LogP contribution is 2.26. The van der Waals surface area contributed by atoms with Gasteiger partial charge in [-0.3, -0.25) is 4.79 Å². The van der Waals surface area contributed by atoms with E-state index in [2.05, 4.69) is 15.5 Å². The number of carbonyl (C=O) groups excluding carboxylic acids is 1. The first-order valence-electron chi connectivity index (χ1n) is 8.28. The Hall–Kier alpha value is -3.45. The molecule has 6 nitrogen and oxygen atoms in total. The zero-order valence-electron chi connectivity index (χ0n) is 14.2. The van der Waals surface area contributed by atoms with Crippen LogP contribution < -0.4 is 11.2 Å². The molecule has 0 fully saturated rings. The van der Waals surface area contributed by atoms with Crippen LogP contribution in [-0.2, 0) is 11.2 Å². The molecular formula is C20H16N4O2S. The molecule has 7 heteroatoms. The van der Waals surface area contributed by atoms with Crippen LogP contribution in [0.25, 0.3) is 21.0 Å². The minimum atomic E-state index is -0.247. The summed E-state index contributed by atoms with van der Waals surface area (Å²) in [4.78, 5) is 16.4. The van der Waals surface area contributed by atoms with E-state index in [1.165, 1.54) is 17.6 Å². The summed E-state index contributed by atoms with van der Waals surface area (Å²) in [5, 5.41) is 16.4. The van der Waals surface area contributed by atoms with Crippen molar-refractivity contribution in [2.45, 2.75) is 6.42 Å². The van der Waals surface area contributed by atoms with E-state index < -0.39 is 0 Å². The third-order valence-electron chi connectivity index (χ3n) is 4.16. The lowest BCUT2D eigenvalue weighted by Crippen LogP contribution is -2.19. The van der Waals surface area contributed by atoms with Crippen molar-refractivity contribution in [1.82, 2.24) is 10.4 Å². The summed E-state index contributed by atoms with van der Waals surface area (Å²) in [6.45, 7) is 0. The highest BCUT2D eigenvalue weighted by atomic mass is 32.1. The second-order valence-electron chi connectivity index (χ2n) is 6.04. The molecule has 3 aromatic carbocycles. The van der Waals surface area contributed by atoms with Gasteiger partial charge in [0.25, 0.3) is 0 Å². The molecule has 1 heterocycles. The van der Waals surface area contributed by atoms with Crippen LogP contribution in [0, 0.1) is 0 Å². The summed E-state index contributed by atoms with van der Waals surface area (Å²) >= 11 is 1.39. The third kappa shape index (κ3) is 3.58. The number of thiazole rings is 1. The van der Waals surface area contributed by atoms with Gasteiger partial charge in [-0.25, -0.2) is 10.4 Å².